The van der Waals surface area contributed by atoms with Crippen LogP contribution in [0.25, 0.3) is 11.4 Å². The summed E-state index contributed by atoms with van der Waals surface area (Å²) in [4.78, 5) is 145. The Labute approximate surface area is 859 Å². The number of hydrogen-bond donors (Lipinski definition) is 11. The summed E-state index contributed by atoms with van der Waals surface area (Å²) in [7, 11) is 40.1. The maximum Gasteiger partial charge on any atom is 0.357 e. The summed E-state index contributed by atoms with van der Waals surface area (Å²) in [6.45, 7) is 12.0. The number of aromatic nitrogens is 12. The van der Waals surface area contributed by atoms with Crippen molar-refractivity contribution < 1.29 is 62.1 Å². The van der Waals surface area contributed by atoms with Gasteiger partial charge in [0.05, 0.1) is 86.2 Å². The minimum Gasteiger partial charge on any atom is -0.469 e. The number of nitrogens with one attached hydrogen (secondary N) is 11. The number of ether oxygens (including phenoxy) is 4. The topological polar surface area (TPSA) is 478 Å². The molecule has 0 aliphatic rings. The number of hydrogen-bond acceptors (Lipinski definition) is 38. The number of amides is 5. The third kappa shape index (κ3) is 43.6. The van der Waals surface area contributed by atoms with E-state index in [1.165, 1.54) is 80.0 Å². The minimum atomic E-state index is -0.400. The van der Waals surface area contributed by atoms with E-state index in [2.05, 4.69) is 141 Å². The number of rotatable bonds is 27. The molecule has 13 rings (SSSR count). The summed E-state index contributed by atoms with van der Waals surface area (Å²) in [5.74, 6) is 0.853. The standard InChI is InChI=1S/C13H19N3O2.C12H17N3O2.C11H14N4.C10H14N2O2.C9H10N4.2C8H12N2O2S.C8H11N.C7H11N3OS.C7H10N2.C6H8N2O2S/c1-14-11-7-9(12(17)15(2)3)6-10(8-11)13(18)16(4)5;1-13-10-6-8(11(16)14-2)5-9(7-10)12(17)15(3)4;1-8-6-9(2)15(14-8)10-4-5-13-11(7-10)12-3;1-11-9(7-10(13)14-2)8-5-3-4-6-12-8;1-10-9-7-8(3-5-11-9)13-6-2-4-12-13;1-4-12-7(11)6-5(2)10-8(9-3)13-6;1-3-12-7(11)4-6-5-13-8(9-2)10-6;1-9(2)8-6-4-3-5-7-8;1-4-5(6(11)8-2)12-7(9-3)10-4;1-9(2)7-5-3-4-6-8-7;1-7-6-8-4(3-11-6)5(9)10-2/h6-8,14H,1-5H3;5-7,13H,1-4H3,(H,14,16);4-7H,1-3H3,(H,12,13);3-6,9,11H,7H2,1-2H3;2-7H,1H3,(H,10,11);4H2,1-3H3,(H,9,10);5H,3-4H2,1-2H3,(H,9,10);3-7H,1-2H3;1-3H3,(H,8,11)(H,9,10);3-6H,1-2H3;3H,1-2H3,(H,7,8). The van der Waals surface area contributed by atoms with Crippen LogP contribution in [-0.2, 0) is 35.0 Å². The van der Waals surface area contributed by atoms with E-state index < -0.39 is 5.97 Å². The van der Waals surface area contributed by atoms with E-state index in [1.54, 1.807) is 204 Å². The average Bonchev–Trinajstić information content (AvgIpc) is 1.36. The number of esters is 4. The van der Waals surface area contributed by atoms with Crippen molar-refractivity contribution in [2.24, 2.45) is 0 Å². The van der Waals surface area contributed by atoms with E-state index in [-0.39, 0.29) is 59.9 Å². The number of pyridine rings is 4. The molecular formula is C99H138N28O13S4. The van der Waals surface area contributed by atoms with Gasteiger partial charge in [-0.1, -0.05) is 53.0 Å². The van der Waals surface area contributed by atoms with Gasteiger partial charge in [0.2, 0.25) is 0 Å². The molecule has 0 radical (unpaired) electrons. The molecule has 1 atom stereocenters. The molecule has 1 unspecified atom stereocenters. The number of aryl methyl sites for hydroxylation is 4. The van der Waals surface area contributed by atoms with Crippen molar-refractivity contribution in [3.8, 4) is 11.4 Å². The smallest absolute Gasteiger partial charge is 0.357 e. The van der Waals surface area contributed by atoms with E-state index in [4.69, 9.17) is 9.47 Å². The fourth-order valence-corrected chi connectivity index (χ4v) is 14.4. The quantitative estimate of drug-likeness (QED) is 0.0168. The van der Waals surface area contributed by atoms with Gasteiger partial charge in [-0.2, -0.15) is 10.2 Å². The van der Waals surface area contributed by atoms with Crippen molar-refractivity contribution in [3.63, 3.8) is 0 Å². The van der Waals surface area contributed by atoms with Gasteiger partial charge in [0.15, 0.2) is 26.2 Å². The lowest BCUT2D eigenvalue weighted by Crippen LogP contribution is -2.24. The number of methoxy groups -OCH3 is 2. The van der Waals surface area contributed by atoms with E-state index in [1.807, 2.05) is 169 Å². The molecule has 0 saturated heterocycles. The van der Waals surface area contributed by atoms with Crippen LogP contribution < -0.4 is 68.3 Å². The van der Waals surface area contributed by atoms with E-state index in [0.29, 0.717) is 68.2 Å². The lowest BCUT2D eigenvalue weighted by atomic mass is 10.1. The van der Waals surface area contributed by atoms with Crippen LogP contribution in [-0.4, -0.2) is 303 Å². The molecule has 5 amide bonds. The molecule has 10 aromatic heterocycles. The molecule has 0 spiro atoms. The first kappa shape index (κ1) is 123. The number of carbonyl (C=O) groups is 9. The fraction of sp³-hybridized carbons (Fsp3) is 0.343. The van der Waals surface area contributed by atoms with Gasteiger partial charge in [-0.3, -0.25) is 38.5 Å². The normalized spacial score (nSPS) is 9.92. The predicted molar refractivity (Wildman–Crippen MR) is 580 cm³/mol. The van der Waals surface area contributed by atoms with Crippen LogP contribution >= 0.6 is 45.3 Å². The first-order chi connectivity index (χ1) is 68.7. The first-order valence-corrected chi connectivity index (χ1v) is 48.1. The average molecular weight is 2060 g/mol. The fourth-order valence-electron chi connectivity index (χ4n) is 11.4. The minimum absolute atomic E-state index is 0.0773. The summed E-state index contributed by atoms with van der Waals surface area (Å²) in [5, 5.41) is 46.6. The van der Waals surface area contributed by atoms with Gasteiger partial charge in [0.25, 0.3) is 29.5 Å². The Morgan fingerprint density at radius 1 is 0.431 bits per heavy atom. The number of para-hydroxylation sites is 1. The Kier molecular flexibility index (Phi) is 56.9. The predicted octanol–water partition coefficient (Wildman–Crippen LogP) is 13.7. The lowest BCUT2D eigenvalue weighted by Gasteiger charge is -2.15. The number of nitrogens with zero attached hydrogens (tertiary/aromatic N) is 17. The number of carbonyl (C=O) groups excluding carboxylic acids is 9. The molecule has 144 heavy (non-hydrogen) atoms. The number of benzene rings is 3. The number of thiazole rings is 4. The van der Waals surface area contributed by atoms with Crippen LogP contribution in [0.5, 0.6) is 0 Å². The second-order valence-electron chi connectivity index (χ2n) is 30.4. The summed E-state index contributed by atoms with van der Waals surface area (Å²) >= 11 is 5.52. The van der Waals surface area contributed by atoms with Crippen LogP contribution in [0.2, 0.25) is 0 Å². The van der Waals surface area contributed by atoms with Crippen molar-refractivity contribution in [1.82, 2.24) is 90.1 Å². The SMILES string of the molecule is CCOC(=O)Cc1csc(NC)n1.CCOC(=O)c1sc(NC)nc1C.CN(C)c1ccccc1.CN(C)c1ccccn1.CNC(=O)c1cc(NC)cc(C(=O)N(C)C)c1.CNC(=O)c1sc(NC)nc1C.CNC(CC(=O)OC)c1ccccn1.CNc1cc(-n2cccn2)ccn1.CNc1cc(-n2nc(C)cc2C)ccn1.CNc1cc(C(=O)N(C)C)cc(C(=O)N(C)C)c1.CNc1nc(C(=O)OC)cs1. The Balaban J connectivity index is 0.000000409. The Hall–Kier alpha value is -15.6. The van der Waals surface area contributed by atoms with Crippen molar-refractivity contribution in [2.45, 2.75) is 60.4 Å². The highest BCUT2D eigenvalue weighted by Crippen LogP contribution is 2.26. The zero-order valence-corrected chi connectivity index (χ0v) is 90.6. The summed E-state index contributed by atoms with van der Waals surface area (Å²) in [6, 6.07) is 43.4. The van der Waals surface area contributed by atoms with Gasteiger partial charge in [0, 0.05) is 246 Å². The molecule has 0 saturated carbocycles. The van der Waals surface area contributed by atoms with Gasteiger partial charge in [-0.05, 0) is 146 Å². The molecule has 0 aliphatic carbocycles. The molecular weight excluding hydrogens is 1920 g/mol. The van der Waals surface area contributed by atoms with E-state index >= 15 is 0 Å². The van der Waals surface area contributed by atoms with Gasteiger partial charge in [-0.25, -0.2) is 53.8 Å². The molecule has 41 nitrogen and oxygen atoms in total. The van der Waals surface area contributed by atoms with Crippen LogP contribution in [0.15, 0.2) is 187 Å². The van der Waals surface area contributed by atoms with E-state index in [9.17, 15) is 43.2 Å². The van der Waals surface area contributed by atoms with Crippen molar-refractivity contribution >= 4 is 154 Å². The van der Waals surface area contributed by atoms with Gasteiger partial charge >= 0.3 is 23.9 Å². The molecule has 3 aromatic carbocycles. The summed E-state index contributed by atoms with van der Waals surface area (Å²) in [6.07, 6.45) is 11.2. The van der Waals surface area contributed by atoms with Gasteiger partial charge < -0.3 is 102 Å². The Morgan fingerprint density at radius 2 is 0.924 bits per heavy atom. The maximum atomic E-state index is 11.9. The summed E-state index contributed by atoms with van der Waals surface area (Å²) < 4.78 is 22.4. The highest BCUT2D eigenvalue weighted by Gasteiger charge is 2.21. The van der Waals surface area contributed by atoms with Crippen LogP contribution in [0.1, 0.15) is 132 Å². The molecule has 45 heteroatoms. The van der Waals surface area contributed by atoms with Gasteiger partial charge in [0.1, 0.15) is 27.2 Å². The van der Waals surface area contributed by atoms with Crippen LogP contribution in [0.3, 0.4) is 0 Å². The number of anilines is 10. The third-order valence-corrected chi connectivity index (χ3v) is 22.8. The molecule has 0 fully saturated rings. The largest absolute Gasteiger partial charge is 0.469 e. The molecule has 11 N–H and O–H groups in total. The molecule has 776 valence electrons. The zero-order chi connectivity index (χ0) is 108. The second-order valence-corrected chi connectivity index (χ2v) is 34.1. The van der Waals surface area contributed by atoms with Crippen molar-refractivity contribution in [1.29, 1.82) is 0 Å². The molecule has 13 aromatic rings. The molecule has 10 heterocycles. The van der Waals surface area contributed by atoms with Gasteiger partial charge in [-0.15, -0.1) is 22.7 Å². The molecule has 0 aliphatic heterocycles. The van der Waals surface area contributed by atoms with Crippen LogP contribution in [0, 0.1) is 27.7 Å². The van der Waals surface area contributed by atoms with E-state index in [0.717, 1.165) is 84.1 Å². The van der Waals surface area contributed by atoms with Crippen LogP contribution in [0.4, 0.5) is 55.0 Å². The monoisotopic (exact) mass is 2050 g/mol. The zero-order valence-electron chi connectivity index (χ0n) is 87.3. The maximum absolute atomic E-state index is 11.9. The van der Waals surface area contributed by atoms with Crippen molar-refractivity contribution in [3.05, 3.63) is 259 Å². The lowest BCUT2D eigenvalue weighted by molar-refractivity contribution is -0.142. The third-order valence-electron chi connectivity index (χ3n) is 18.7. The Bertz CT molecular complexity index is 5940. The summed E-state index contributed by atoms with van der Waals surface area (Å²) in [5.41, 5.74) is 12.3. The van der Waals surface area contributed by atoms with Crippen molar-refractivity contribution in [2.75, 3.05) is 228 Å². The highest BCUT2D eigenvalue weighted by atomic mass is 32.1. The highest BCUT2D eigenvalue weighted by molar-refractivity contribution is 7.18. The first-order valence-electron chi connectivity index (χ1n) is 44.7. The Morgan fingerprint density at radius 3 is 1.33 bits per heavy atom. The second kappa shape index (κ2) is 66.9. The molecule has 0 bridgehead atoms.